The molecule has 68 heavy (non-hydrogen) atoms. The summed E-state index contributed by atoms with van der Waals surface area (Å²) in [7, 11) is 0. The van der Waals surface area contributed by atoms with Crippen LogP contribution in [-0.2, 0) is 5.41 Å². The van der Waals surface area contributed by atoms with Crippen molar-refractivity contribution in [1.29, 1.82) is 0 Å². The molecule has 320 valence electrons. The van der Waals surface area contributed by atoms with Crippen molar-refractivity contribution in [2.45, 2.75) is 19.3 Å². The lowest BCUT2D eigenvalue weighted by atomic mass is 9.81. The van der Waals surface area contributed by atoms with E-state index in [1.54, 1.807) is 0 Å². The van der Waals surface area contributed by atoms with E-state index in [2.05, 4.69) is 199 Å². The number of fused-ring (bicyclic) bond motifs is 12. The van der Waals surface area contributed by atoms with Crippen LogP contribution in [0.5, 0.6) is 0 Å². The highest BCUT2D eigenvalue weighted by Crippen LogP contribution is 2.55. The molecule has 0 saturated heterocycles. The maximum Gasteiger partial charge on any atom is 0.164 e. The van der Waals surface area contributed by atoms with Gasteiger partial charge in [-0.25, -0.2) is 15.0 Å². The largest absolute Gasteiger partial charge is 0.309 e. The van der Waals surface area contributed by atoms with Crippen LogP contribution in [0.2, 0.25) is 0 Å². The minimum Gasteiger partial charge on any atom is -0.309 e. The molecule has 1 aliphatic rings. The summed E-state index contributed by atoms with van der Waals surface area (Å²) in [5.74, 6) is 1.90. The maximum atomic E-state index is 5.14. The molecular formula is C62H41N5S. The zero-order valence-corrected chi connectivity index (χ0v) is 38.2. The van der Waals surface area contributed by atoms with Crippen molar-refractivity contribution < 1.29 is 0 Å². The first-order valence-electron chi connectivity index (χ1n) is 23.2. The standard InChI is InChI=1S/C62H41N5S/c1-62(2)50-30-14-12-27-47(50)57-55(62)48-33-35-52-54(56(48)67(57)42-23-10-5-11-24-42)49-37-40(44-28-17-29-46-45-26-13-15-31-53(45)68-58(44)46)32-34-51(49)66(52)43-25-16-22-41(36-43)61-64-59(38-18-6-3-7-19-38)63-60(65-61)39-20-8-4-9-21-39/h3-37H,1-2H3. The lowest BCUT2D eigenvalue weighted by Gasteiger charge is -2.21. The Hall–Kier alpha value is -8.45. The van der Waals surface area contributed by atoms with E-state index in [4.69, 9.17) is 15.0 Å². The fraction of sp³-hybridized carbons (Fsp3) is 0.0484. The molecule has 9 aromatic carbocycles. The summed E-state index contributed by atoms with van der Waals surface area (Å²) in [6.07, 6.45) is 0. The first kappa shape index (κ1) is 38.8. The van der Waals surface area contributed by atoms with E-state index in [9.17, 15) is 0 Å². The molecule has 0 atom stereocenters. The molecular weight excluding hydrogens is 847 g/mol. The van der Waals surface area contributed by atoms with Gasteiger partial charge in [-0.1, -0.05) is 178 Å². The maximum absolute atomic E-state index is 5.14. The monoisotopic (exact) mass is 887 g/mol. The Bertz CT molecular complexity index is 4100. The second kappa shape index (κ2) is 14.8. The number of hydrogen-bond donors (Lipinski definition) is 0. The van der Waals surface area contributed by atoms with Crippen LogP contribution >= 0.6 is 11.3 Å². The number of aromatic nitrogens is 5. The van der Waals surface area contributed by atoms with E-state index in [0.717, 1.165) is 39.1 Å². The van der Waals surface area contributed by atoms with E-state index in [1.165, 1.54) is 75.4 Å². The van der Waals surface area contributed by atoms with Gasteiger partial charge in [0.15, 0.2) is 17.5 Å². The van der Waals surface area contributed by atoms with Gasteiger partial charge in [0.1, 0.15) is 0 Å². The highest BCUT2D eigenvalue weighted by molar-refractivity contribution is 7.26. The summed E-state index contributed by atoms with van der Waals surface area (Å²) in [4.78, 5) is 15.3. The van der Waals surface area contributed by atoms with Gasteiger partial charge >= 0.3 is 0 Å². The van der Waals surface area contributed by atoms with E-state index in [-0.39, 0.29) is 5.41 Å². The van der Waals surface area contributed by atoms with Gasteiger partial charge in [-0.05, 0) is 70.8 Å². The number of rotatable bonds is 6. The summed E-state index contributed by atoms with van der Waals surface area (Å²) in [5, 5.41) is 6.29. The fourth-order valence-corrected chi connectivity index (χ4v) is 12.4. The summed E-state index contributed by atoms with van der Waals surface area (Å²) >= 11 is 1.88. The quantitative estimate of drug-likeness (QED) is 0.167. The number of hydrogen-bond acceptors (Lipinski definition) is 4. The summed E-state index contributed by atoms with van der Waals surface area (Å²) in [6, 6.07) is 76.4. The van der Waals surface area contributed by atoms with Gasteiger partial charge in [-0.3, -0.25) is 0 Å². The van der Waals surface area contributed by atoms with Crippen molar-refractivity contribution in [1.82, 2.24) is 24.1 Å². The van der Waals surface area contributed by atoms with Gasteiger partial charge in [-0.2, -0.15) is 0 Å². The molecule has 0 aliphatic heterocycles. The van der Waals surface area contributed by atoms with Gasteiger partial charge in [0.2, 0.25) is 0 Å². The van der Waals surface area contributed by atoms with Crippen LogP contribution < -0.4 is 0 Å². The fourth-order valence-electron chi connectivity index (χ4n) is 11.1. The van der Waals surface area contributed by atoms with Crippen molar-refractivity contribution in [2.75, 3.05) is 0 Å². The molecule has 0 amide bonds. The Morgan fingerprint density at radius 3 is 1.76 bits per heavy atom. The highest BCUT2D eigenvalue weighted by atomic mass is 32.1. The van der Waals surface area contributed by atoms with Crippen LogP contribution in [-0.4, -0.2) is 24.1 Å². The molecule has 0 bridgehead atoms. The van der Waals surface area contributed by atoms with Gasteiger partial charge in [0, 0.05) is 75.4 Å². The molecule has 0 spiro atoms. The van der Waals surface area contributed by atoms with E-state index in [1.807, 2.05) is 47.7 Å². The summed E-state index contributed by atoms with van der Waals surface area (Å²) in [6.45, 7) is 4.78. The molecule has 4 aromatic heterocycles. The Morgan fingerprint density at radius 1 is 0.412 bits per heavy atom. The van der Waals surface area contributed by atoms with Crippen LogP contribution in [0, 0.1) is 0 Å². The third-order valence-corrected chi connectivity index (χ3v) is 15.3. The molecule has 6 heteroatoms. The molecule has 14 rings (SSSR count). The smallest absolute Gasteiger partial charge is 0.164 e. The van der Waals surface area contributed by atoms with Crippen LogP contribution in [0.15, 0.2) is 212 Å². The van der Waals surface area contributed by atoms with Crippen molar-refractivity contribution >= 4 is 64.2 Å². The van der Waals surface area contributed by atoms with E-state index >= 15 is 0 Å². The van der Waals surface area contributed by atoms with E-state index < -0.39 is 0 Å². The van der Waals surface area contributed by atoms with Crippen molar-refractivity contribution in [3.8, 4) is 67.9 Å². The van der Waals surface area contributed by atoms with Crippen LogP contribution in [0.3, 0.4) is 0 Å². The van der Waals surface area contributed by atoms with E-state index in [0.29, 0.717) is 17.5 Å². The Labute approximate surface area is 396 Å². The average molecular weight is 888 g/mol. The second-order valence-corrected chi connectivity index (χ2v) is 19.4. The van der Waals surface area contributed by atoms with Gasteiger partial charge in [-0.15, -0.1) is 11.3 Å². The normalized spacial score (nSPS) is 13.0. The number of para-hydroxylation sites is 1. The molecule has 0 N–H and O–H groups in total. The van der Waals surface area contributed by atoms with Crippen LogP contribution in [0.4, 0.5) is 0 Å². The molecule has 0 fully saturated rings. The van der Waals surface area contributed by atoms with Gasteiger partial charge in [0.25, 0.3) is 0 Å². The third-order valence-electron chi connectivity index (χ3n) is 14.1. The topological polar surface area (TPSA) is 48.5 Å². The molecule has 0 radical (unpaired) electrons. The van der Waals surface area contributed by atoms with Gasteiger partial charge in [0.05, 0.1) is 22.2 Å². The summed E-state index contributed by atoms with van der Waals surface area (Å²) < 4.78 is 7.61. The summed E-state index contributed by atoms with van der Waals surface area (Å²) in [5.41, 5.74) is 16.0. The van der Waals surface area contributed by atoms with Crippen molar-refractivity contribution in [3.05, 3.63) is 223 Å². The third kappa shape index (κ3) is 5.71. The predicted molar refractivity (Wildman–Crippen MR) is 283 cm³/mol. The second-order valence-electron chi connectivity index (χ2n) is 18.4. The minimum atomic E-state index is -0.214. The number of thiophene rings is 1. The molecule has 1 aliphatic carbocycles. The van der Waals surface area contributed by atoms with Crippen molar-refractivity contribution in [2.24, 2.45) is 0 Å². The highest BCUT2D eigenvalue weighted by Gasteiger charge is 2.41. The molecule has 13 aromatic rings. The first-order valence-corrected chi connectivity index (χ1v) is 24.0. The number of nitrogens with zero attached hydrogens (tertiary/aromatic N) is 5. The first-order chi connectivity index (χ1) is 33.5. The zero-order valence-electron chi connectivity index (χ0n) is 37.4. The predicted octanol–water partition coefficient (Wildman–Crippen LogP) is 16.3. The zero-order chi connectivity index (χ0) is 45.1. The number of benzene rings is 9. The molecule has 0 saturated carbocycles. The van der Waals surface area contributed by atoms with Crippen LogP contribution in [0.25, 0.3) is 121 Å². The van der Waals surface area contributed by atoms with Gasteiger partial charge < -0.3 is 9.13 Å². The Kier molecular flexibility index (Phi) is 8.43. The lowest BCUT2D eigenvalue weighted by Crippen LogP contribution is -2.14. The van der Waals surface area contributed by atoms with Crippen LogP contribution in [0.1, 0.15) is 25.0 Å². The SMILES string of the molecule is CC1(C)c2ccccc2-c2c1c1ccc3c(c4cc(-c5cccc6c5sc5ccccc56)ccc4n3-c3cccc(-c4nc(-c5ccccc5)nc(-c5ccccc5)n4)c3)c1n2-c1ccccc1. The van der Waals surface area contributed by atoms with Crippen molar-refractivity contribution in [3.63, 3.8) is 0 Å². The molecule has 0 unspecified atom stereocenters. The molecule has 4 heterocycles. The average Bonchev–Trinajstić information content (AvgIpc) is 4.12. The minimum absolute atomic E-state index is 0.214. The molecule has 5 nitrogen and oxygen atoms in total. The lowest BCUT2D eigenvalue weighted by molar-refractivity contribution is 0.666. The Balaban J connectivity index is 1.07. The Morgan fingerprint density at radius 2 is 1.00 bits per heavy atom.